The van der Waals surface area contributed by atoms with Crippen molar-refractivity contribution in [2.75, 3.05) is 18.4 Å². The van der Waals surface area contributed by atoms with Crippen LogP contribution in [0.5, 0.6) is 0 Å². The predicted octanol–water partition coefficient (Wildman–Crippen LogP) is 2.54. The van der Waals surface area contributed by atoms with Crippen molar-refractivity contribution >= 4 is 11.9 Å². The molecule has 2 saturated carbocycles. The van der Waals surface area contributed by atoms with Crippen molar-refractivity contribution in [3.05, 3.63) is 11.8 Å². The number of nitrogens with one attached hydrogen (secondary N) is 2. The van der Waals surface area contributed by atoms with Crippen molar-refractivity contribution in [2.45, 2.75) is 57.4 Å². The summed E-state index contributed by atoms with van der Waals surface area (Å²) >= 11 is 0. The molecular formula is C18H24N6O2. The van der Waals surface area contributed by atoms with Crippen LogP contribution in [0.3, 0.4) is 0 Å². The number of nitrogens with zero attached hydrogens (tertiary/aromatic N) is 4. The summed E-state index contributed by atoms with van der Waals surface area (Å²) in [4.78, 5) is 14.6. The van der Waals surface area contributed by atoms with Gasteiger partial charge in [0.1, 0.15) is 11.7 Å². The van der Waals surface area contributed by atoms with Crippen LogP contribution in [0, 0.1) is 5.41 Å². The minimum atomic E-state index is -0.391. The first-order chi connectivity index (χ1) is 12.6. The summed E-state index contributed by atoms with van der Waals surface area (Å²) in [7, 11) is 0. The van der Waals surface area contributed by atoms with E-state index >= 15 is 0 Å². The first-order valence-electron chi connectivity index (χ1n) is 9.56. The van der Waals surface area contributed by atoms with Crippen molar-refractivity contribution < 1.29 is 9.21 Å². The Labute approximate surface area is 151 Å². The third-order valence-electron chi connectivity index (χ3n) is 6.06. The Hall–Kier alpha value is -2.38. The van der Waals surface area contributed by atoms with Crippen LogP contribution < -0.4 is 5.32 Å². The molecule has 8 nitrogen and oxygen atoms in total. The Balaban J connectivity index is 1.20. The van der Waals surface area contributed by atoms with Crippen LogP contribution in [0.1, 0.15) is 57.1 Å². The number of hydrogen-bond donors (Lipinski definition) is 2. The zero-order chi connectivity index (χ0) is 17.7. The molecule has 0 unspecified atom stereocenters. The van der Waals surface area contributed by atoms with E-state index in [1.165, 1.54) is 25.7 Å². The van der Waals surface area contributed by atoms with Crippen molar-refractivity contribution in [2.24, 2.45) is 5.41 Å². The Morgan fingerprint density at radius 1 is 1.31 bits per heavy atom. The minimum absolute atomic E-state index is 0.0936. The van der Waals surface area contributed by atoms with Crippen LogP contribution in [0.4, 0.5) is 6.01 Å². The Bertz CT molecular complexity index is 809. The number of hydrogen-bond acceptors (Lipinski definition) is 6. The maximum absolute atomic E-state index is 12.7. The fraction of sp³-hybridized carbons (Fsp3) is 0.667. The van der Waals surface area contributed by atoms with Crippen molar-refractivity contribution in [3.8, 4) is 11.6 Å². The standard InChI is InChI=1S/C18H24N6O2/c1-11(16(25)24-8-6-18(4-5-18)7-9-24)19-17-23-22-15(26-17)14-10-13(20-21-14)12-2-3-12/h10-12H,2-9H2,1H3,(H,19,23)(H,20,21)/t11-/m0/s1. The maximum Gasteiger partial charge on any atom is 0.316 e. The molecule has 2 aromatic rings. The van der Waals surface area contributed by atoms with Gasteiger partial charge in [-0.2, -0.15) is 5.10 Å². The quantitative estimate of drug-likeness (QED) is 0.854. The number of piperidine rings is 1. The van der Waals surface area contributed by atoms with E-state index in [0.717, 1.165) is 31.6 Å². The first-order valence-corrected chi connectivity index (χ1v) is 9.56. The monoisotopic (exact) mass is 356 g/mol. The summed E-state index contributed by atoms with van der Waals surface area (Å²) in [6, 6.07) is 1.83. The molecule has 138 valence electrons. The number of carbonyl (C=O) groups is 1. The molecule has 1 saturated heterocycles. The van der Waals surface area contributed by atoms with Gasteiger partial charge in [0.2, 0.25) is 5.91 Å². The molecule has 3 heterocycles. The van der Waals surface area contributed by atoms with Crippen molar-refractivity contribution in [3.63, 3.8) is 0 Å². The Morgan fingerprint density at radius 3 is 2.77 bits per heavy atom. The smallest absolute Gasteiger partial charge is 0.316 e. The number of aromatic amines is 1. The summed E-state index contributed by atoms with van der Waals surface area (Å²) < 4.78 is 5.65. The van der Waals surface area contributed by atoms with Gasteiger partial charge in [-0.3, -0.25) is 9.89 Å². The molecule has 0 aromatic carbocycles. The second-order valence-corrected chi connectivity index (χ2v) is 8.09. The molecule has 3 aliphatic rings. The van der Waals surface area contributed by atoms with Crippen LogP contribution in [0.25, 0.3) is 11.6 Å². The van der Waals surface area contributed by atoms with E-state index in [4.69, 9.17) is 4.42 Å². The number of rotatable bonds is 5. The third kappa shape index (κ3) is 2.97. The Kier molecular flexibility index (Phi) is 3.55. The van der Waals surface area contributed by atoms with Crippen molar-refractivity contribution in [1.82, 2.24) is 25.3 Å². The van der Waals surface area contributed by atoms with Crippen LogP contribution in [-0.4, -0.2) is 50.3 Å². The van der Waals surface area contributed by atoms with Gasteiger partial charge in [0, 0.05) is 24.7 Å². The summed E-state index contributed by atoms with van der Waals surface area (Å²) in [5, 5.41) is 18.4. The number of H-pyrrole nitrogens is 1. The maximum atomic E-state index is 12.7. The molecule has 1 amide bonds. The zero-order valence-electron chi connectivity index (χ0n) is 15.0. The summed E-state index contributed by atoms with van der Waals surface area (Å²) in [6.45, 7) is 3.56. The molecule has 2 aromatic heterocycles. The van der Waals surface area contributed by atoms with E-state index in [9.17, 15) is 4.79 Å². The first kappa shape index (κ1) is 15.8. The molecule has 1 aliphatic heterocycles. The molecule has 3 fully saturated rings. The van der Waals surface area contributed by atoms with Gasteiger partial charge < -0.3 is 14.6 Å². The van der Waals surface area contributed by atoms with E-state index < -0.39 is 6.04 Å². The highest BCUT2D eigenvalue weighted by Gasteiger charge is 2.45. The second-order valence-electron chi connectivity index (χ2n) is 8.09. The zero-order valence-corrected chi connectivity index (χ0v) is 15.0. The number of aromatic nitrogens is 4. The summed E-state index contributed by atoms with van der Waals surface area (Å²) in [5.74, 6) is 1.05. The van der Waals surface area contributed by atoms with Crippen LogP contribution >= 0.6 is 0 Å². The van der Waals surface area contributed by atoms with Crippen LogP contribution in [0.15, 0.2) is 10.5 Å². The summed E-state index contributed by atoms with van der Waals surface area (Å²) in [6.07, 6.45) is 7.36. The third-order valence-corrected chi connectivity index (χ3v) is 6.06. The molecule has 0 bridgehead atoms. The average Bonchev–Trinajstić information content (AvgIpc) is 3.54. The van der Waals surface area contributed by atoms with Gasteiger partial charge in [-0.25, -0.2) is 0 Å². The van der Waals surface area contributed by atoms with E-state index in [0.29, 0.717) is 22.9 Å². The van der Waals surface area contributed by atoms with Crippen LogP contribution in [0.2, 0.25) is 0 Å². The largest absolute Gasteiger partial charge is 0.402 e. The normalized spacial score (nSPS) is 22.4. The van der Waals surface area contributed by atoms with Gasteiger partial charge >= 0.3 is 6.01 Å². The fourth-order valence-corrected chi connectivity index (χ4v) is 3.83. The van der Waals surface area contributed by atoms with Gasteiger partial charge in [-0.15, -0.1) is 5.10 Å². The highest BCUT2D eigenvalue weighted by atomic mass is 16.4. The molecule has 0 radical (unpaired) electrons. The molecule has 2 N–H and O–H groups in total. The highest BCUT2D eigenvalue weighted by Crippen LogP contribution is 2.53. The molecular weight excluding hydrogens is 332 g/mol. The Morgan fingerprint density at radius 2 is 2.08 bits per heavy atom. The molecule has 1 atom stereocenters. The van der Waals surface area contributed by atoms with E-state index in [-0.39, 0.29) is 11.9 Å². The lowest BCUT2D eigenvalue weighted by Gasteiger charge is -2.33. The molecule has 5 rings (SSSR count). The van der Waals surface area contributed by atoms with Crippen molar-refractivity contribution in [1.29, 1.82) is 0 Å². The second kappa shape index (κ2) is 5.82. The summed E-state index contributed by atoms with van der Waals surface area (Å²) in [5.41, 5.74) is 2.34. The fourth-order valence-electron chi connectivity index (χ4n) is 3.83. The number of anilines is 1. The van der Waals surface area contributed by atoms with Gasteiger partial charge in [-0.1, -0.05) is 5.10 Å². The molecule has 8 heteroatoms. The van der Waals surface area contributed by atoms with E-state index in [2.05, 4.69) is 25.7 Å². The highest BCUT2D eigenvalue weighted by molar-refractivity contribution is 5.83. The SMILES string of the molecule is C[C@H](Nc1nnc(-c2cc(C3CC3)[nH]n2)o1)C(=O)N1CCC2(CC1)CC2. The van der Waals surface area contributed by atoms with E-state index in [1.54, 1.807) is 0 Å². The van der Waals surface area contributed by atoms with Gasteiger partial charge in [0.25, 0.3) is 5.89 Å². The number of likely N-dealkylation sites (tertiary alicyclic amines) is 1. The lowest BCUT2D eigenvalue weighted by molar-refractivity contribution is -0.133. The van der Waals surface area contributed by atoms with Crippen LogP contribution in [-0.2, 0) is 4.79 Å². The molecule has 1 spiro atoms. The predicted molar refractivity (Wildman–Crippen MR) is 94.4 cm³/mol. The lowest BCUT2D eigenvalue weighted by atomic mass is 9.93. The van der Waals surface area contributed by atoms with Gasteiger partial charge in [0.15, 0.2) is 0 Å². The number of carbonyl (C=O) groups excluding carboxylic acids is 1. The lowest BCUT2D eigenvalue weighted by Crippen LogP contribution is -2.45. The molecule has 2 aliphatic carbocycles. The molecule has 26 heavy (non-hydrogen) atoms. The number of amides is 1. The van der Waals surface area contributed by atoms with Gasteiger partial charge in [0.05, 0.1) is 0 Å². The van der Waals surface area contributed by atoms with Gasteiger partial charge in [-0.05, 0) is 56.9 Å². The minimum Gasteiger partial charge on any atom is -0.402 e. The average molecular weight is 356 g/mol. The van der Waals surface area contributed by atoms with E-state index in [1.807, 2.05) is 17.9 Å². The topological polar surface area (TPSA) is 99.9 Å².